The van der Waals surface area contributed by atoms with E-state index in [-0.39, 0.29) is 11.9 Å². The summed E-state index contributed by atoms with van der Waals surface area (Å²) >= 11 is 2.63. The van der Waals surface area contributed by atoms with Crippen molar-refractivity contribution < 1.29 is 14.3 Å². The number of carbonyl (C=O) groups is 2. The number of nitrogens with one attached hydrogen (secondary N) is 1. The van der Waals surface area contributed by atoms with Gasteiger partial charge in [0, 0.05) is 10.9 Å². The van der Waals surface area contributed by atoms with Gasteiger partial charge in [-0.25, -0.2) is 14.8 Å². The first-order valence-electron chi connectivity index (χ1n) is 10.4. The fourth-order valence-corrected chi connectivity index (χ4v) is 5.83. The molecule has 3 aromatic heterocycles. The lowest BCUT2D eigenvalue weighted by Gasteiger charge is -2.09. The van der Waals surface area contributed by atoms with E-state index in [0.29, 0.717) is 27.0 Å². The number of ether oxygens (including phenoxy) is 1. The molecule has 0 aliphatic carbocycles. The number of nitrogens with zero attached hydrogens (tertiary/aromatic N) is 2. The molecule has 0 aliphatic heterocycles. The van der Waals surface area contributed by atoms with E-state index >= 15 is 0 Å². The van der Waals surface area contributed by atoms with Gasteiger partial charge in [0.25, 0.3) is 5.91 Å². The zero-order valence-electron chi connectivity index (χ0n) is 17.9. The van der Waals surface area contributed by atoms with Crippen molar-refractivity contribution in [2.75, 3.05) is 11.9 Å². The van der Waals surface area contributed by atoms with Crippen LogP contribution in [0.15, 0.2) is 60.7 Å². The molecule has 0 spiro atoms. The van der Waals surface area contributed by atoms with E-state index in [9.17, 15) is 9.59 Å². The van der Waals surface area contributed by atoms with Crippen LogP contribution >= 0.6 is 22.7 Å². The van der Waals surface area contributed by atoms with Crippen molar-refractivity contribution in [2.24, 2.45) is 0 Å². The van der Waals surface area contributed by atoms with Gasteiger partial charge in [0.1, 0.15) is 9.71 Å². The highest BCUT2D eigenvalue weighted by Crippen LogP contribution is 2.37. The van der Waals surface area contributed by atoms with Gasteiger partial charge >= 0.3 is 5.97 Å². The molecule has 1 N–H and O–H groups in total. The average molecular weight is 474 g/mol. The Kier molecular flexibility index (Phi) is 5.62. The molecule has 0 saturated heterocycles. The minimum atomic E-state index is -0.340. The lowest BCUT2D eigenvalue weighted by atomic mass is 10.0. The second-order valence-corrected chi connectivity index (χ2v) is 9.32. The number of para-hydroxylation sites is 1. The van der Waals surface area contributed by atoms with Gasteiger partial charge in [-0.2, -0.15) is 0 Å². The summed E-state index contributed by atoms with van der Waals surface area (Å²) in [5.41, 5.74) is 3.77. The van der Waals surface area contributed by atoms with Crippen molar-refractivity contribution in [3.63, 3.8) is 0 Å². The van der Waals surface area contributed by atoms with E-state index < -0.39 is 0 Å². The van der Waals surface area contributed by atoms with Crippen molar-refractivity contribution in [1.82, 2.24) is 9.97 Å². The number of pyridine rings is 1. The van der Waals surface area contributed by atoms with Gasteiger partial charge in [-0.1, -0.05) is 59.9 Å². The van der Waals surface area contributed by atoms with Crippen molar-refractivity contribution in [1.29, 1.82) is 0 Å². The minimum absolute atomic E-state index is 0.254. The number of thiazole rings is 1. The maximum absolute atomic E-state index is 13.3. The van der Waals surface area contributed by atoms with Crippen molar-refractivity contribution in [3.8, 4) is 11.3 Å². The number of anilines is 1. The summed E-state index contributed by atoms with van der Waals surface area (Å²) in [6.07, 6.45) is 0. The highest BCUT2D eigenvalue weighted by Gasteiger charge is 2.21. The number of carbonyl (C=O) groups excluding carboxylic acids is 2. The average Bonchev–Trinajstić information content (AvgIpc) is 3.37. The first-order chi connectivity index (χ1) is 16.0. The van der Waals surface area contributed by atoms with E-state index in [0.717, 1.165) is 32.4 Å². The molecule has 33 heavy (non-hydrogen) atoms. The molecule has 5 aromatic rings. The van der Waals surface area contributed by atoms with Crippen LogP contribution in [-0.4, -0.2) is 28.5 Å². The second-order valence-electron chi connectivity index (χ2n) is 7.32. The predicted octanol–water partition coefficient (Wildman–Crippen LogP) is 6.31. The molecule has 164 valence electrons. The zero-order chi connectivity index (χ0) is 22.9. The summed E-state index contributed by atoms with van der Waals surface area (Å²) in [4.78, 5) is 36.0. The smallest absolute Gasteiger partial charge is 0.348 e. The molecule has 5 rings (SSSR count). The van der Waals surface area contributed by atoms with Crippen LogP contribution in [0.5, 0.6) is 0 Å². The van der Waals surface area contributed by atoms with Crippen molar-refractivity contribution in [3.05, 3.63) is 76.7 Å². The topological polar surface area (TPSA) is 81.2 Å². The van der Waals surface area contributed by atoms with E-state index in [1.165, 1.54) is 22.7 Å². The van der Waals surface area contributed by atoms with Gasteiger partial charge in [-0.05, 0) is 31.5 Å². The number of amides is 1. The number of esters is 1. The quantitative estimate of drug-likeness (QED) is 0.303. The number of aryl methyl sites for hydroxylation is 1. The van der Waals surface area contributed by atoms with Gasteiger partial charge in [0.05, 0.1) is 28.1 Å². The number of hydrogen-bond donors (Lipinski definition) is 1. The Morgan fingerprint density at radius 3 is 2.52 bits per heavy atom. The van der Waals surface area contributed by atoms with Crippen molar-refractivity contribution in [2.45, 2.75) is 13.8 Å². The third-order valence-corrected chi connectivity index (χ3v) is 7.57. The largest absolute Gasteiger partial charge is 0.462 e. The van der Waals surface area contributed by atoms with E-state index in [1.807, 2.05) is 67.6 Å². The monoisotopic (exact) mass is 473 g/mol. The Morgan fingerprint density at radius 2 is 1.76 bits per heavy atom. The number of hydrogen-bond acceptors (Lipinski definition) is 7. The highest BCUT2D eigenvalue weighted by molar-refractivity contribution is 7.30. The van der Waals surface area contributed by atoms with Crippen molar-refractivity contribution >= 4 is 60.1 Å². The van der Waals surface area contributed by atoms with Crippen LogP contribution in [0.2, 0.25) is 0 Å². The summed E-state index contributed by atoms with van der Waals surface area (Å²) in [7, 11) is 0. The fraction of sp³-hybridized carbons (Fsp3) is 0.120. The highest BCUT2D eigenvalue weighted by atomic mass is 32.1. The molecule has 0 bridgehead atoms. The molecule has 1 amide bonds. The Bertz CT molecular complexity index is 1510. The fourth-order valence-electron chi connectivity index (χ4n) is 3.62. The van der Waals surface area contributed by atoms with Crippen LogP contribution < -0.4 is 5.32 Å². The molecule has 0 aliphatic rings. The van der Waals surface area contributed by atoms with Crippen LogP contribution in [0, 0.1) is 6.92 Å². The minimum Gasteiger partial charge on any atom is -0.462 e. The lowest BCUT2D eigenvalue weighted by Crippen LogP contribution is -2.13. The SMILES string of the molecule is CCOC(=O)c1sc2nc(NC(=O)c3cc(-c4ccccc4)nc4ccccc34)sc2c1C. The van der Waals surface area contributed by atoms with Gasteiger partial charge in [-0.3, -0.25) is 10.1 Å². The first kappa shape index (κ1) is 21.2. The normalized spacial score (nSPS) is 11.1. The van der Waals surface area contributed by atoms with Crippen LogP contribution in [0.1, 0.15) is 32.5 Å². The number of aromatic nitrogens is 2. The molecule has 0 saturated carbocycles. The molecule has 0 radical (unpaired) electrons. The summed E-state index contributed by atoms with van der Waals surface area (Å²) in [6, 6.07) is 19.2. The van der Waals surface area contributed by atoms with Gasteiger partial charge in [-0.15, -0.1) is 11.3 Å². The number of fused-ring (bicyclic) bond motifs is 2. The Morgan fingerprint density at radius 1 is 1.00 bits per heavy atom. The van der Waals surface area contributed by atoms with Gasteiger partial charge in [0.15, 0.2) is 5.13 Å². The molecular weight excluding hydrogens is 454 g/mol. The van der Waals surface area contributed by atoms with Gasteiger partial charge in [0.2, 0.25) is 0 Å². The third-order valence-electron chi connectivity index (χ3n) is 5.19. The van der Waals surface area contributed by atoms with Crippen LogP contribution in [-0.2, 0) is 4.74 Å². The number of rotatable bonds is 5. The van der Waals surface area contributed by atoms with Crippen LogP contribution in [0.4, 0.5) is 5.13 Å². The van der Waals surface area contributed by atoms with Gasteiger partial charge < -0.3 is 4.74 Å². The summed E-state index contributed by atoms with van der Waals surface area (Å²) in [5, 5.41) is 4.20. The predicted molar refractivity (Wildman–Crippen MR) is 133 cm³/mol. The molecule has 6 nitrogen and oxygen atoms in total. The Hall–Kier alpha value is -3.62. The molecule has 8 heteroatoms. The summed E-state index contributed by atoms with van der Waals surface area (Å²) in [6.45, 7) is 3.97. The molecule has 0 unspecified atom stereocenters. The first-order valence-corrected chi connectivity index (χ1v) is 12.0. The molecular formula is C25H19N3O3S2. The molecule has 0 atom stereocenters. The second kappa shape index (κ2) is 8.73. The number of thiophene rings is 1. The summed E-state index contributed by atoms with van der Waals surface area (Å²) < 4.78 is 6.00. The molecule has 2 aromatic carbocycles. The maximum Gasteiger partial charge on any atom is 0.348 e. The summed E-state index contributed by atoms with van der Waals surface area (Å²) in [5.74, 6) is -0.595. The maximum atomic E-state index is 13.3. The Labute approximate surface area is 197 Å². The van der Waals surface area contributed by atoms with E-state index in [2.05, 4.69) is 10.3 Å². The standard InChI is InChI=1S/C25H19N3O3S2/c1-3-31-24(30)21-14(2)20-23(32-21)28-25(33-20)27-22(29)17-13-19(15-9-5-4-6-10-15)26-18-12-8-7-11-16(17)18/h4-13H,3H2,1-2H3,(H,27,28,29). The molecule has 0 fully saturated rings. The van der Waals surface area contributed by atoms with E-state index in [4.69, 9.17) is 9.72 Å². The molecule has 3 heterocycles. The number of benzene rings is 2. The lowest BCUT2D eigenvalue weighted by molar-refractivity contribution is 0.0531. The van der Waals surface area contributed by atoms with Crippen LogP contribution in [0.3, 0.4) is 0 Å². The van der Waals surface area contributed by atoms with E-state index in [1.54, 1.807) is 6.92 Å². The zero-order valence-corrected chi connectivity index (χ0v) is 19.5. The third kappa shape index (κ3) is 3.99. The Balaban J connectivity index is 1.50. The van der Waals surface area contributed by atoms with Crippen LogP contribution in [0.25, 0.3) is 31.7 Å².